The fourth-order valence-corrected chi connectivity index (χ4v) is 3.51. The molecule has 0 bridgehead atoms. The highest BCUT2D eigenvalue weighted by Crippen LogP contribution is 2.31. The minimum absolute atomic E-state index is 0.0532. The number of fused-ring (bicyclic) bond motifs is 1. The standard InChI is InChI=1S/C21H18F3N7O3/c22-21(23,24)12-1-2-14-15(7-12)29-19(28-14)17-8-13(30-34-17)10-25-20(32)16-9-18(27-11-26-16)31-3-5-33-6-4-31/h1-2,7-9,11H,3-6,10H2,(H,25,32)(H,28,29). The first-order valence-electron chi connectivity index (χ1n) is 10.3. The second-order valence-corrected chi connectivity index (χ2v) is 7.54. The van der Waals surface area contributed by atoms with E-state index in [2.05, 4.69) is 30.4 Å². The number of morpholine rings is 1. The number of amides is 1. The highest BCUT2D eigenvalue weighted by atomic mass is 19.4. The number of imidazole rings is 1. The number of hydrogen-bond donors (Lipinski definition) is 2. The van der Waals surface area contributed by atoms with Crippen molar-refractivity contribution in [2.75, 3.05) is 31.2 Å². The summed E-state index contributed by atoms with van der Waals surface area (Å²) in [4.78, 5) is 29.8. The first-order chi connectivity index (χ1) is 16.4. The predicted molar refractivity (Wildman–Crippen MR) is 113 cm³/mol. The van der Waals surface area contributed by atoms with Crippen LogP contribution in [-0.2, 0) is 17.5 Å². The number of anilines is 1. The van der Waals surface area contributed by atoms with E-state index in [9.17, 15) is 18.0 Å². The van der Waals surface area contributed by atoms with Crippen LogP contribution in [-0.4, -0.2) is 57.3 Å². The number of halogens is 3. The number of rotatable bonds is 5. The fourth-order valence-electron chi connectivity index (χ4n) is 3.51. The van der Waals surface area contributed by atoms with E-state index >= 15 is 0 Å². The van der Waals surface area contributed by atoms with Crippen molar-refractivity contribution < 1.29 is 27.2 Å². The van der Waals surface area contributed by atoms with E-state index < -0.39 is 17.6 Å². The Morgan fingerprint density at radius 2 is 1.97 bits per heavy atom. The van der Waals surface area contributed by atoms with Crippen molar-refractivity contribution in [2.45, 2.75) is 12.7 Å². The van der Waals surface area contributed by atoms with E-state index in [-0.39, 0.29) is 29.3 Å². The van der Waals surface area contributed by atoms with Gasteiger partial charge in [-0.05, 0) is 18.2 Å². The smallest absolute Gasteiger partial charge is 0.378 e. The lowest BCUT2D eigenvalue weighted by Gasteiger charge is -2.27. The third-order valence-corrected chi connectivity index (χ3v) is 5.25. The normalized spacial score (nSPS) is 14.5. The van der Waals surface area contributed by atoms with Crippen LogP contribution in [0.25, 0.3) is 22.6 Å². The van der Waals surface area contributed by atoms with Gasteiger partial charge in [0.1, 0.15) is 23.5 Å². The number of nitrogens with one attached hydrogen (secondary N) is 2. The molecule has 0 aliphatic carbocycles. The van der Waals surface area contributed by atoms with Crippen LogP contribution in [0.15, 0.2) is 41.2 Å². The Morgan fingerprint density at radius 3 is 2.76 bits per heavy atom. The van der Waals surface area contributed by atoms with E-state index in [0.717, 1.165) is 12.1 Å². The third-order valence-electron chi connectivity index (χ3n) is 5.25. The van der Waals surface area contributed by atoms with Gasteiger partial charge in [0.05, 0.1) is 36.4 Å². The predicted octanol–water partition coefficient (Wildman–Crippen LogP) is 2.79. The highest BCUT2D eigenvalue weighted by molar-refractivity contribution is 5.92. The summed E-state index contributed by atoms with van der Waals surface area (Å²) in [7, 11) is 0. The van der Waals surface area contributed by atoms with E-state index in [0.29, 0.717) is 43.3 Å². The lowest BCUT2D eigenvalue weighted by Crippen LogP contribution is -2.37. The summed E-state index contributed by atoms with van der Waals surface area (Å²) in [5.74, 6) is 0.687. The molecule has 34 heavy (non-hydrogen) atoms. The number of H-pyrrole nitrogens is 1. The molecule has 0 atom stereocenters. The average Bonchev–Trinajstić information content (AvgIpc) is 3.49. The number of nitrogens with zero attached hydrogens (tertiary/aromatic N) is 5. The van der Waals surface area contributed by atoms with E-state index in [1.807, 2.05) is 4.90 Å². The summed E-state index contributed by atoms with van der Waals surface area (Å²) >= 11 is 0. The van der Waals surface area contributed by atoms with Gasteiger partial charge in [0.2, 0.25) is 5.76 Å². The van der Waals surface area contributed by atoms with Crippen LogP contribution in [0, 0.1) is 0 Å². The van der Waals surface area contributed by atoms with Crippen LogP contribution < -0.4 is 10.2 Å². The van der Waals surface area contributed by atoms with E-state index in [4.69, 9.17) is 9.26 Å². The molecule has 176 valence electrons. The van der Waals surface area contributed by atoms with Crippen molar-refractivity contribution in [3.05, 3.63) is 53.6 Å². The van der Waals surface area contributed by atoms with Gasteiger partial charge < -0.3 is 24.5 Å². The molecule has 0 radical (unpaired) electrons. The van der Waals surface area contributed by atoms with Gasteiger partial charge in [-0.15, -0.1) is 0 Å². The Morgan fingerprint density at radius 1 is 1.15 bits per heavy atom. The largest absolute Gasteiger partial charge is 0.416 e. The number of benzene rings is 1. The summed E-state index contributed by atoms with van der Waals surface area (Å²) in [6, 6.07) is 6.38. The van der Waals surface area contributed by atoms with E-state index in [1.54, 1.807) is 12.1 Å². The Balaban J connectivity index is 1.26. The van der Waals surface area contributed by atoms with Gasteiger partial charge in [-0.3, -0.25) is 4.79 Å². The molecule has 1 aromatic carbocycles. The SMILES string of the molecule is O=C(NCc1cc(-c2nc3ccc(C(F)(F)F)cc3[nH]2)on1)c1cc(N2CCOCC2)ncn1. The van der Waals surface area contributed by atoms with Crippen LogP contribution in [0.1, 0.15) is 21.7 Å². The van der Waals surface area contributed by atoms with Crippen LogP contribution in [0.4, 0.5) is 19.0 Å². The van der Waals surface area contributed by atoms with Gasteiger partial charge in [0.15, 0.2) is 5.82 Å². The second kappa shape index (κ2) is 8.74. The maximum absolute atomic E-state index is 12.9. The second-order valence-electron chi connectivity index (χ2n) is 7.54. The number of ether oxygens (including phenoxy) is 1. The van der Waals surface area contributed by atoms with Gasteiger partial charge >= 0.3 is 6.18 Å². The molecule has 0 spiro atoms. The van der Waals surface area contributed by atoms with Crippen molar-refractivity contribution in [1.29, 1.82) is 0 Å². The number of aromatic nitrogens is 5. The summed E-state index contributed by atoms with van der Waals surface area (Å²) in [6.45, 7) is 2.60. The summed E-state index contributed by atoms with van der Waals surface area (Å²) in [6.07, 6.45) is -3.12. The molecule has 1 fully saturated rings. The lowest BCUT2D eigenvalue weighted by molar-refractivity contribution is -0.137. The highest BCUT2D eigenvalue weighted by Gasteiger charge is 2.30. The first kappa shape index (κ1) is 21.8. The van der Waals surface area contributed by atoms with Crippen molar-refractivity contribution in [3.63, 3.8) is 0 Å². The maximum Gasteiger partial charge on any atom is 0.416 e. The summed E-state index contributed by atoms with van der Waals surface area (Å²) < 4.78 is 49.4. The Hall–Kier alpha value is -4.00. The van der Waals surface area contributed by atoms with Gasteiger partial charge in [-0.1, -0.05) is 5.16 Å². The number of hydrogen-bond acceptors (Lipinski definition) is 8. The monoisotopic (exact) mass is 473 g/mol. The van der Waals surface area contributed by atoms with E-state index in [1.165, 1.54) is 12.4 Å². The van der Waals surface area contributed by atoms with Crippen LogP contribution in [0.2, 0.25) is 0 Å². The fraction of sp³-hybridized carbons (Fsp3) is 0.286. The van der Waals surface area contributed by atoms with Crippen molar-refractivity contribution in [1.82, 2.24) is 30.4 Å². The van der Waals surface area contributed by atoms with Crippen LogP contribution >= 0.6 is 0 Å². The molecule has 4 heterocycles. The maximum atomic E-state index is 12.9. The van der Waals surface area contributed by atoms with Gasteiger partial charge in [-0.2, -0.15) is 13.2 Å². The molecule has 5 rings (SSSR count). The number of carbonyl (C=O) groups excluding carboxylic acids is 1. The Labute approximate surface area is 190 Å². The molecule has 1 aliphatic heterocycles. The van der Waals surface area contributed by atoms with Crippen molar-refractivity contribution >= 4 is 22.8 Å². The molecule has 1 amide bonds. The number of carbonyl (C=O) groups is 1. The van der Waals surface area contributed by atoms with Gasteiger partial charge in [0.25, 0.3) is 5.91 Å². The Kier molecular flexibility index (Phi) is 5.61. The lowest BCUT2D eigenvalue weighted by atomic mass is 10.2. The molecule has 4 aromatic rings. The number of alkyl halides is 3. The van der Waals surface area contributed by atoms with Gasteiger partial charge in [0, 0.05) is 25.2 Å². The van der Waals surface area contributed by atoms with Crippen LogP contribution in [0.3, 0.4) is 0 Å². The zero-order chi connectivity index (χ0) is 23.7. The minimum Gasteiger partial charge on any atom is -0.378 e. The molecule has 1 saturated heterocycles. The van der Waals surface area contributed by atoms with Crippen molar-refractivity contribution in [2.24, 2.45) is 0 Å². The molecular formula is C21H18F3N7O3. The summed E-state index contributed by atoms with van der Waals surface area (Å²) in [5, 5.41) is 6.60. The Bertz CT molecular complexity index is 1330. The first-order valence-corrected chi connectivity index (χ1v) is 10.3. The van der Waals surface area contributed by atoms with Crippen LogP contribution in [0.5, 0.6) is 0 Å². The van der Waals surface area contributed by atoms with Gasteiger partial charge in [-0.25, -0.2) is 15.0 Å². The molecule has 0 saturated carbocycles. The molecule has 13 heteroatoms. The third kappa shape index (κ3) is 4.55. The zero-order valence-electron chi connectivity index (χ0n) is 17.6. The van der Waals surface area contributed by atoms with Crippen molar-refractivity contribution in [3.8, 4) is 11.6 Å². The molecule has 1 aliphatic rings. The molecular weight excluding hydrogens is 455 g/mol. The average molecular weight is 473 g/mol. The zero-order valence-corrected chi connectivity index (χ0v) is 17.6. The summed E-state index contributed by atoms with van der Waals surface area (Å²) in [5.41, 5.74) is 0.405. The molecule has 2 N–H and O–H groups in total. The molecule has 10 nitrogen and oxygen atoms in total. The minimum atomic E-state index is -4.45. The molecule has 3 aromatic heterocycles. The topological polar surface area (TPSA) is 122 Å². The quantitative estimate of drug-likeness (QED) is 0.454. The molecule has 0 unspecified atom stereocenters. The number of aromatic amines is 1.